The molecule has 4 rings (SSSR count). The average Bonchev–Trinajstić information content (AvgIpc) is 3.23. The van der Waals surface area contributed by atoms with Crippen LogP contribution < -0.4 is 5.56 Å². The van der Waals surface area contributed by atoms with Crippen molar-refractivity contribution in [1.29, 1.82) is 0 Å². The summed E-state index contributed by atoms with van der Waals surface area (Å²) in [7, 11) is 0. The molecule has 2 aromatic rings. The molecule has 1 fully saturated rings. The number of halogens is 1. The van der Waals surface area contributed by atoms with Gasteiger partial charge in [-0.3, -0.25) is 14.4 Å². The van der Waals surface area contributed by atoms with Crippen LogP contribution in [0.25, 0.3) is 0 Å². The van der Waals surface area contributed by atoms with E-state index >= 15 is 0 Å². The Hall–Kier alpha value is -3.00. The summed E-state index contributed by atoms with van der Waals surface area (Å²) in [6, 6.07) is 9.73. The van der Waals surface area contributed by atoms with Crippen LogP contribution in [0.3, 0.4) is 0 Å². The van der Waals surface area contributed by atoms with Crippen LogP contribution in [-0.2, 0) is 30.7 Å². The van der Waals surface area contributed by atoms with Gasteiger partial charge in [-0.25, -0.2) is 4.39 Å². The van der Waals surface area contributed by atoms with Gasteiger partial charge in [0, 0.05) is 32.4 Å². The molecule has 7 nitrogen and oxygen atoms in total. The molecule has 3 heterocycles. The maximum absolute atomic E-state index is 13.7. The molecule has 1 atom stereocenters. The first-order valence-electron chi connectivity index (χ1n) is 10.6. The van der Waals surface area contributed by atoms with E-state index < -0.39 is 18.7 Å². The molecule has 1 N–H and O–H groups in total. The predicted octanol–water partition coefficient (Wildman–Crippen LogP) is 1.15. The minimum atomic E-state index is -1.07. The van der Waals surface area contributed by atoms with Crippen LogP contribution in [0.15, 0.2) is 41.3 Å². The third-order valence-electron chi connectivity index (χ3n) is 6.07. The number of benzene rings is 1. The van der Waals surface area contributed by atoms with Crippen molar-refractivity contribution >= 4 is 11.8 Å². The second kappa shape index (κ2) is 9.01. The Morgan fingerprint density at radius 2 is 1.90 bits per heavy atom. The Morgan fingerprint density at radius 1 is 1.13 bits per heavy atom. The lowest BCUT2D eigenvalue weighted by Crippen LogP contribution is -2.43. The molecule has 0 bridgehead atoms. The third kappa shape index (κ3) is 4.39. The topological polar surface area (TPSA) is 82.8 Å². The van der Waals surface area contributed by atoms with Gasteiger partial charge in [0.2, 0.25) is 5.91 Å². The van der Waals surface area contributed by atoms with E-state index in [1.165, 1.54) is 14.4 Å². The number of alkyl halides is 1. The molecule has 0 saturated carbocycles. The Morgan fingerprint density at radius 3 is 2.58 bits per heavy atom. The molecule has 0 spiro atoms. The van der Waals surface area contributed by atoms with Crippen molar-refractivity contribution in [3.63, 3.8) is 0 Å². The first kappa shape index (κ1) is 21.2. The number of aliphatic hydroxyl groups excluding tert-OH is 1. The summed E-state index contributed by atoms with van der Waals surface area (Å²) in [5.74, 6) is -0.822. The van der Waals surface area contributed by atoms with Crippen LogP contribution in [0, 0.1) is 0 Å². The molecule has 1 saturated heterocycles. The van der Waals surface area contributed by atoms with E-state index in [0.29, 0.717) is 38.0 Å². The van der Waals surface area contributed by atoms with Gasteiger partial charge in [0.1, 0.15) is 18.3 Å². The largest absolute Gasteiger partial charge is 0.387 e. The number of nitrogens with zero attached hydrogens (tertiary/aromatic N) is 3. The normalized spacial score (nSPS) is 18.2. The zero-order chi connectivity index (χ0) is 22.0. The zero-order valence-corrected chi connectivity index (χ0v) is 17.3. The van der Waals surface area contributed by atoms with Gasteiger partial charge in [-0.1, -0.05) is 30.3 Å². The molecular weight excluding hydrogens is 401 g/mol. The number of hydrogen-bond acceptors (Lipinski definition) is 4. The minimum Gasteiger partial charge on any atom is -0.387 e. The van der Waals surface area contributed by atoms with Gasteiger partial charge in [0.15, 0.2) is 0 Å². The van der Waals surface area contributed by atoms with E-state index in [2.05, 4.69) is 0 Å². The third-order valence-corrected chi connectivity index (χ3v) is 6.07. The van der Waals surface area contributed by atoms with Crippen LogP contribution in [0.5, 0.6) is 0 Å². The molecule has 8 heteroatoms. The average molecular weight is 427 g/mol. The van der Waals surface area contributed by atoms with E-state index in [1.807, 2.05) is 30.3 Å². The van der Waals surface area contributed by atoms with Gasteiger partial charge in [-0.15, -0.1) is 0 Å². The smallest absolute Gasteiger partial charge is 0.263 e. The summed E-state index contributed by atoms with van der Waals surface area (Å²) in [6.45, 7) is 0.651. The molecule has 164 valence electrons. The monoisotopic (exact) mass is 427 g/mol. The highest BCUT2D eigenvalue weighted by atomic mass is 19.1. The summed E-state index contributed by atoms with van der Waals surface area (Å²) < 4.78 is 15.2. The van der Waals surface area contributed by atoms with Gasteiger partial charge in [-0.2, -0.15) is 0 Å². The molecule has 0 radical (unpaired) electrons. The van der Waals surface area contributed by atoms with Crippen LogP contribution in [0.4, 0.5) is 4.39 Å². The number of hydrogen-bond donors (Lipinski definition) is 1. The summed E-state index contributed by atoms with van der Waals surface area (Å²) in [5.41, 5.74) is 2.15. The number of aromatic nitrogens is 1. The van der Waals surface area contributed by atoms with Crippen LogP contribution in [0.2, 0.25) is 0 Å². The second-order valence-electron chi connectivity index (χ2n) is 8.10. The lowest BCUT2D eigenvalue weighted by Gasteiger charge is -2.30. The minimum absolute atomic E-state index is 0.00107. The van der Waals surface area contributed by atoms with E-state index in [-0.39, 0.29) is 36.5 Å². The molecule has 1 aromatic heterocycles. The van der Waals surface area contributed by atoms with Crippen molar-refractivity contribution < 1.29 is 19.1 Å². The van der Waals surface area contributed by atoms with Crippen molar-refractivity contribution in [2.24, 2.45) is 0 Å². The van der Waals surface area contributed by atoms with Gasteiger partial charge in [0.05, 0.1) is 6.54 Å². The Balaban J connectivity index is 1.71. The van der Waals surface area contributed by atoms with Crippen molar-refractivity contribution in [1.82, 2.24) is 14.4 Å². The SMILES string of the molecule is O=C(CO)N1CCc2c(cn(CCc3ccccc3)c(=O)c2C(=O)N2CC[C@H](F)C2)C1. The van der Waals surface area contributed by atoms with E-state index in [0.717, 1.165) is 11.1 Å². The number of amides is 2. The van der Waals surface area contributed by atoms with Crippen molar-refractivity contribution in [2.75, 3.05) is 26.2 Å². The van der Waals surface area contributed by atoms with Gasteiger partial charge >= 0.3 is 0 Å². The second-order valence-corrected chi connectivity index (χ2v) is 8.10. The van der Waals surface area contributed by atoms with E-state index in [4.69, 9.17) is 0 Å². The molecular formula is C23H26FN3O4. The first-order valence-corrected chi connectivity index (χ1v) is 10.6. The highest BCUT2D eigenvalue weighted by molar-refractivity contribution is 5.96. The highest BCUT2D eigenvalue weighted by Crippen LogP contribution is 2.24. The van der Waals surface area contributed by atoms with Crippen LogP contribution in [-0.4, -0.2) is 63.7 Å². The maximum atomic E-state index is 13.7. The number of likely N-dealkylation sites (tertiary alicyclic amines) is 1. The fraction of sp³-hybridized carbons (Fsp3) is 0.435. The number of pyridine rings is 1. The van der Waals surface area contributed by atoms with Crippen LogP contribution in [0.1, 0.15) is 33.5 Å². The Labute approximate surface area is 179 Å². The standard InChI is InChI=1S/C23H26FN3O4/c24-18-7-10-27(14-18)23(31)21-19-8-11-25(20(29)15-28)12-17(19)13-26(22(21)30)9-6-16-4-2-1-3-5-16/h1-5,13,18,28H,6-12,14-15H2/t18-/m0/s1. The quantitative estimate of drug-likeness (QED) is 0.776. The molecule has 1 aromatic carbocycles. The summed E-state index contributed by atoms with van der Waals surface area (Å²) in [6.07, 6.45) is 1.89. The molecule has 0 aliphatic carbocycles. The van der Waals surface area contributed by atoms with E-state index in [1.54, 1.807) is 6.20 Å². The number of rotatable bonds is 5. The zero-order valence-electron chi connectivity index (χ0n) is 17.3. The predicted molar refractivity (Wildman–Crippen MR) is 112 cm³/mol. The van der Waals surface area contributed by atoms with Crippen molar-refractivity contribution in [3.05, 3.63) is 69.1 Å². The summed E-state index contributed by atoms with van der Waals surface area (Å²) >= 11 is 0. The first-order chi connectivity index (χ1) is 15.0. The number of carbonyl (C=O) groups is 2. The maximum Gasteiger partial charge on any atom is 0.263 e. The molecule has 2 aliphatic heterocycles. The lowest BCUT2D eigenvalue weighted by molar-refractivity contribution is -0.135. The number of carbonyl (C=O) groups excluding carboxylic acids is 2. The molecule has 31 heavy (non-hydrogen) atoms. The number of aliphatic hydroxyl groups is 1. The van der Waals surface area contributed by atoms with Crippen molar-refractivity contribution in [3.8, 4) is 0 Å². The molecule has 2 aliphatic rings. The molecule has 0 unspecified atom stereocenters. The summed E-state index contributed by atoms with van der Waals surface area (Å²) in [5, 5.41) is 9.21. The highest BCUT2D eigenvalue weighted by Gasteiger charge is 2.33. The number of fused-ring (bicyclic) bond motifs is 1. The van der Waals surface area contributed by atoms with Crippen LogP contribution >= 0.6 is 0 Å². The Kier molecular flexibility index (Phi) is 6.18. The Bertz CT molecular complexity index is 1040. The fourth-order valence-corrected chi connectivity index (χ4v) is 4.37. The molecule has 2 amide bonds. The van der Waals surface area contributed by atoms with E-state index in [9.17, 15) is 23.9 Å². The lowest BCUT2D eigenvalue weighted by atomic mass is 9.95. The van der Waals surface area contributed by atoms with Crippen molar-refractivity contribution in [2.45, 2.75) is 38.5 Å². The van der Waals surface area contributed by atoms with Gasteiger partial charge in [-0.05, 0) is 36.0 Å². The van der Waals surface area contributed by atoms with Gasteiger partial charge < -0.3 is 19.5 Å². The van der Waals surface area contributed by atoms with Gasteiger partial charge in [0.25, 0.3) is 11.5 Å². The number of aryl methyl sites for hydroxylation is 2. The fourth-order valence-electron chi connectivity index (χ4n) is 4.37. The summed E-state index contributed by atoms with van der Waals surface area (Å²) in [4.78, 5) is 41.5.